The Morgan fingerprint density at radius 3 is 2.93 bits per heavy atom. The van der Waals surface area contributed by atoms with Gasteiger partial charge in [0.1, 0.15) is 6.61 Å². The Balaban J connectivity index is 1.37. The van der Waals surface area contributed by atoms with Crippen molar-refractivity contribution in [3.05, 3.63) is 62.7 Å². The third-order valence-electron chi connectivity index (χ3n) is 3.83. The van der Waals surface area contributed by atoms with Gasteiger partial charge in [-0.3, -0.25) is 10.1 Å². The summed E-state index contributed by atoms with van der Waals surface area (Å²) in [6, 6.07) is 9.14. The van der Waals surface area contributed by atoms with Gasteiger partial charge < -0.3 is 9.47 Å². The van der Waals surface area contributed by atoms with E-state index in [0.29, 0.717) is 28.8 Å². The number of methoxy groups -OCH3 is 1. The lowest BCUT2D eigenvalue weighted by Crippen LogP contribution is -2.12. The highest BCUT2D eigenvalue weighted by atomic mass is 32.2. The number of carbonyl (C=O) groups excluding carboxylic acids is 1. The first kappa shape index (κ1) is 20.8. The molecule has 0 fully saturated rings. The van der Waals surface area contributed by atoms with Gasteiger partial charge in [-0.1, -0.05) is 29.2 Å². The number of hydrogen-bond acceptors (Lipinski definition) is 10. The Labute approximate surface area is 189 Å². The molecule has 7 nitrogen and oxygen atoms in total. The number of aromatic nitrogens is 3. The highest BCUT2D eigenvalue weighted by Gasteiger charge is 2.14. The molecule has 0 radical (unpaired) electrons. The zero-order valence-corrected chi connectivity index (χ0v) is 19.0. The molecule has 0 saturated heterocycles. The number of ether oxygens (including phenoxy) is 2. The van der Waals surface area contributed by atoms with Gasteiger partial charge >= 0.3 is 0 Å². The quantitative estimate of drug-likeness (QED) is 0.263. The van der Waals surface area contributed by atoms with E-state index in [1.54, 1.807) is 46.8 Å². The predicted octanol–water partition coefficient (Wildman–Crippen LogP) is 5.19. The average molecular weight is 477 g/mol. The largest absolute Gasteiger partial charge is 0.493 e. The highest BCUT2D eigenvalue weighted by molar-refractivity contribution is 8.00. The summed E-state index contributed by atoms with van der Waals surface area (Å²) in [6.07, 6.45) is 0. The average Bonchev–Trinajstić information content (AvgIpc) is 3.53. The number of thiazole rings is 1. The number of benzene rings is 1. The van der Waals surface area contributed by atoms with E-state index in [-0.39, 0.29) is 5.91 Å². The Kier molecular flexibility index (Phi) is 6.95. The molecule has 0 aliphatic heterocycles. The summed E-state index contributed by atoms with van der Waals surface area (Å²) in [7, 11) is 1.54. The Morgan fingerprint density at radius 2 is 2.17 bits per heavy atom. The number of thioether (sulfide) groups is 1. The van der Waals surface area contributed by atoms with Crippen LogP contribution in [0.15, 0.2) is 50.9 Å². The van der Waals surface area contributed by atoms with E-state index >= 15 is 0 Å². The summed E-state index contributed by atoms with van der Waals surface area (Å²) in [5, 5.41) is 15.4. The van der Waals surface area contributed by atoms with Crippen LogP contribution in [0.3, 0.4) is 0 Å². The van der Waals surface area contributed by atoms with E-state index in [2.05, 4.69) is 26.6 Å². The van der Waals surface area contributed by atoms with Crippen molar-refractivity contribution in [2.45, 2.75) is 16.7 Å². The van der Waals surface area contributed by atoms with Gasteiger partial charge in [-0.25, -0.2) is 4.98 Å². The van der Waals surface area contributed by atoms with Crippen LogP contribution in [-0.4, -0.2) is 28.2 Å². The number of nitrogens with one attached hydrogen (secondary N) is 1. The molecule has 1 amide bonds. The van der Waals surface area contributed by atoms with Crippen LogP contribution in [-0.2, 0) is 12.4 Å². The minimum Gasteiger partial charge on any atom is -0.493 e. The molecule has 0 saturated carbocycles. The number of hydrogen-bond donors (Lipinski definition) is 1. The smallest absolute Gasteiger partial charge is 0.257 e. The maximum atomic E-state index is 12.6. The van der Waals surface area contributed by atoms with Crippen molar-refractivity contribution in [3.63, 3.8) is 0 Å². The van der Waals surface area contributed by atoms with E-state index < -0.39 is 0 Å². The van der Waals surface area contributed by atoms with E-state index in [0.717, 1.165) is 15.8 Å². The Hall–Kier alpha value is -2.47. The van der Waals surface area contributed by atoms with Gasteiger partial charge in [0.15, 0.2) is 15.8 Å². The molecule has 154 valence electrons. The van der Waals surface area contributed by atoms with Gasteiger partial charge in [-0.15, -0.1) is 32.9 Å². The van der Waals surface area contributed by atoms with Crippen LogP contribution in [0, 0.1) is 0 Å². The third-order valence-corrected chi connectivity index (χ3v) is 7.54. The second-order valence-electron chi connectivity index (χ2n) is 5.83. The molecule has 0 unspecified atom stereocenters. The van der Waals surface area contributed by atoms with Crippen LogP contribution >= 0.6 is 45.8 Å². The van der Waals surface area contributed by atoms with Crippen molar-refractivity contribution in [1.82, 2.24) is 15.2 Å². The van der Waals surface area contributed by atoms with E-state index in [4.69, 9.17) is 9.47 Å². The molecule has 3 heterocycles. The van der Waals surface area contributed by atoms with Gasteiger partial charge in [0, 0.05) is 21.6 Å². The van der Waals surface area contributed by atoms with Crippen LogP contribution in [0.4, 0.5) is 5.13 Å². The molecule has 3 aromatic heterocycles. The minimum atomic E-state index is -0.287. The zero-order valence-electron chi connectivity index (χ0n) is 15.7. The second kappa shape index (κ2) is 10.0. The molecule has 11 heteroatoms. The highest BCUT2D eigenvalue weighted by Crippen LogP contribution is 2.31. The molecular formula is C19H16N4O3S4. The molecule has 0 atom stereocenters. The maximum absolute atomic E-state index is 12.6. The van der Waals surface area contributed by atoms with Gasteiger partial charge in [0.05, 0.1) is 18.3 Å². The van der Waals surface area contributed by atoms with Crippen LogP contribution in [0.25, 0.3) is 0 Å². The van der Waals surface area contributed by atoms with Crippen molar-refractivity contribution in [3.8, 4) is 11.5 Å². The van der Waals surface area contributed by atoms with Crippen molar-refractivity contribution >= 4 is 56.8 Å². The van der Waals surface area contributed by atoms with Crippen LogP contribution in [0.1, 0.15) is 20.9 Å². The molecule has 4 aromatic rings. The van der Waals surface area contributed by atoms with Crippen molar-refractivity contribution in [2.24, 2.45) is 0 Å². The Morgan fingerprint density at radius 1 is 1.23 bits per heavy atom. The van der Waals surface area contributed by atoms with Crippen LogP contribution in [0.2, 0.25) is 0 Å². The van der Waals surface area contributed by atoms with Gasteiger partial charge in [-0.2, -0.15) is 0 Å². The molecule has 4 rings (SSSR count). The first-order valence-corrected chi connectivity index (χ1v) is 12.3. The molecule has 1 aromatic carbocycles. The number of thiophene rings is 1. The predicted molar refractivity (Wildman–Crippen MR) is 121 cm³/mol. The number of nitrogens with zero attached hydrogens (tertiary/aromatic N) is 3. The first-order valence-electron chi connectivity index (χ1n) is 8.69. The summed E-state index contributed by atoms with van der Waals surface area (Å²) >= 11 is 6.16. The molecule has 0 bridgehead atoms. The van der Waals surface area contributed by atoms with Crippen molar-refractivity contribution in [2.75, 3.05) is 12.4 Å². The summed E-state index contributed by atoms with van der Waals surface area (Å²) in [5.74, 6) is 1.57. The van der Waals surface area contributed by atoms with Crippen molar-refractivity contribution in [1.29, 1.82) is 0 Å². The monoisotopic (exact) mass is 476 g/mol. The van der Waals surface area contributed by atoms with Gasteiger partial charge in [-0.05, 0) is 29.6 Å². The number of carbonyl (C=O) groups is 1. The van der Waals surface area contributed by atoms with E-state index in [1.165, 1.54) is 34.7 Å². The zero-order chi connectivity index (χ0) is 20.8. The lowest BCUT2D eigenvalue weighted by atomic mass is 10.2. The fraction of sp³-hybridized carbons (Fsp3) is 0.158. The summed E-state index contributed by atoms with van der Waals surface area (Å²) in [4.78, 5) is 18.1. The number of rotatable bonds is 9. The third kappa shape index (κ3) is 5.36. The Bertz CT molecular complexity index is 1100. The van der Waals surface area contributed by atoms with Gasteiger partial charge in [0.25, 0.3) is 5.91 Å². The lowest BCUT2D eigenvalue weighted by molar-refractivity contribution is 0.102. The standard InChI is InChI=1S/C19H16N4O3S4/c1-25-16-7-12(4-5-15(16)26-8-13-9-27-11-20-13)17(24)21-18-22-23-19(30-18)29-10-14-3-2-6-28-14/h2-7,9,11H,8,10H2,1H3,(H,21,22,24). The van der Waals surface area contributed by atoms with Crippen molar-refractivity contribution < 1.29 is 14.3 Å². The topological polar surface area (TPSA) is 86.2 Å². The maximum Gasteiger partial charge on any atom is 0.257 e. The summed E-state index contributed by atoms with van der Waals surface area (Å²) < 4.78 is 11.9. The van der Waals surface area contributed by atoms with E-state index in [1.807, 2.05) is 16.8 Å². The summed E-state index contributed by atoms with van der Waals surface area (Å²) in [5.41, 5.74) is 3.03. The molecule has 0 spiro atoms. The minimum absolute atomic E-state index is 0.287. The SMILES string of the molecule is COc1cc(C(=O)Nc2nnc(SCc3cccs3)s2)ccc1OCc1cscn1. The number of amides is 1. The molecule has 1 N–H and O–H groups in total. The van der Waals surface area contributed by atoms with Crippen LogP contribution in [0.5, 0.6) is 11.5 Å². The fourth-order valence-corrected chi connectivity index (χ4v) is 5.47. The fourth-order valence-electron chi connectivity index (χ4n) is 2.40. The first-order chi connectivity index (χ1) is 14.7. The normalized spacial score (nSPS) is 10.7. The van der Waals surface area contributed by atoms with Gasteiger partial charge in [0.2, 0.25) is 5.13 Å². The molecule has 30 heavy (non-hydrogen) atoms. The molecular weight excluding hydrogens is 461 g/mol. The number of anilines is 1. The molecule has 0 aliphatic carbocycles. The summed E-state index contributed by atoms with van der Waals surface area (Å²) in [6.45, 7) is 0.335. The second-order valence-corrected chi connectivity index (χ2v) is 9.78. The van der Waals surface area contributed by atoms with E-state index in [9.17, 15) is 4.79 Å². The lowest BCUT2D eigenvalue weighted by Gasteiger charge is -2.11. The van der Waals surface area contributed by atoms with Crippen LogP contribution < -0.4 is 14.8 Å². The molecule has 0 aliphatic rings.